The molecule has 0 aliphatic heterocycles. The normalized spacial score (nSPS) is 24.4. The molecule has 1 heteroatoms. The van der Waals surface area contributed by atoms with Gasteiger partial charge in [-0.05, 0) is 36.8 Å². The zero-order chi connectivity index (χ0) is 7.84. The molecule has 2 rings (SSSR count). The van der Waals surface area contributed by atoms with Crippen LogP contribution >= 0.6 is 0 Å². The van der Waals surface area contributed by atoms with Crippen molar-refractivity contribution in [3.05, 3.63) is 23.3 Å². The van der Waals surface area contributed by atoms with E-state index >= 15 is 0 Å². The number of ketones is 1. The molecular weight excluding hydrogens is 136 g/mol. The minimum Gasteiger partial charge on any atom is -0.295 e. The molecule has 1 nitrogen and oxygen atoms in total. The number of carbonyl (C=O) groups excluding carboxylic acids is 1. The Morgan fingerprint density at radius 2 is 1.82 bits per heavy atom. The highest BCUT2D eigenvalue weighted by atomic mass is 16.1. The number of carbonyl (C=O) groups is 1. The van der Waals surface area contributed by atoms with Crippen molar-refractivity contribution in [3.8, 4) is 0 Å². The summed E-state index contributed by atoms with van der Waals surface area (Å²) in [6.45, 7) is 3.96. The molecule has 0 aromatic rings. The molecule has 0 N–H and O–H groups in total. The van der Waals surface area contributed by atoms with E-state index in [0.29, 0.717) is 5.78 Å². The van der Waals surface area contributed by atoms with Gasteiger partial charge in [-0.15, -0.1) is 0 Å². The van der Waals surface area contributed by atoms with E-state index in [1.54, 1.807) is 0 Å². The maximum absolute atomic E-state index is 11.3. The zero-order valence-corrected chi connectivity index (χ0v) is 6.65. The molecule has 0 spiro atoms. The van der Waals surface area contributed by atoms with E-state index in [2.05, 4.69) is 6.58 Å². The first kappa shape index (κ1) is 6.84. The summed E-state index contributed by atoms with van der Waals surface area (Å²) in [6.07, 6.45) is 4.89. The predicted molar refractivity (Wildman–Crippen MR) is 44.3 cm³/mol. The van der Waals surface area contributed by atoms with E-state index in [0.717, 1.165) is 37.7 Å². The van der Waals surface area contributed by atoms with Crippen LogP contribution in [-0.2, 0) is 4.79 Å². The molecule has 0 aromatic carbocycles. The quantitative estimate of drug-likeness (QED) is 0.515. The molecule has 0 amide bonds. The Morgan fingerprint density at radius 1 is 1.00 bits per heavy atom. The summed E-state index contributed by atoms with van der Waals surface area (Å²) in [7, 11) is 0. The van der Waals surface area contributed by atoms with Crippen molar-refractivity contribution in [1.29, 1.82) is 0 Å². The van der Waals surface area contributed by atoms with Gasteiger partial charge >= 0.3 is 0 Å². The Bertz CT molecular complexity index is 258. The number of Topliss-reactive ketones (excluding diaryl/α,β-unsaturated/α-hetero) is 1. The summed E-state index contributed by atoms with van der Waals surface area (Å²) in [5.41, 5.74) is 3.61. The summed E-state index contributed by atoms with van der Waals surface area (Å²) >= 11 is 0. The van der Waals surface area contributed by atoms with Gasteiger partial charge in [-0.3, -0.25) is 4.79 Å². The Morgan fingerprint density at radius 3 is 2.55 bits per heavy atom. The van der Waals surface area contributed by atoms with E-state index in [-0.39, 0.29) is 0 Å². The fourth-order valence-corrected chi connectivity index (χ4v) is 2.00. The average molecular weight is 148 g/mol. The molecule has 0 unspecified atom stereocenters. The van der Waals surface area contributed by atoms with Gasteiger partial charge in [-0.1, -0.05) is 12.2 Å². The van der Waals surface area contributed by atoms with Gasteiger partial charge < -0.3 is 0 Å². The van der Waals surface area contributed by atoms with Gasteiger partial charge in [0.2, 0.25) is 0 Å². The van der Waals surface area contributed by atoms with E-state index < -0.39 is 0 Å². The summed E-state index contributed by atoms with van der Waals surface area (Å²) in [5.74, 6) is 0.380. The lowest BCUT2D eigenvalue weighted by Gasteiger charge is -2.12. The number of hydrogen-bond acceptors (Lipinski definition) is 1. The van der Waals surface area contributed by atoms with E-state index in [1.165, 1.54) is 11.1 Å². The Hall–Kier alpha value is -0.850. The van der Waals surface area contributed by atoms with Gasteiger partial charge in [0.1, 0.15) is 0 Å². The number of allylic oxidation sites excluding steroid dienone is 3. The highest BCUT2D eigenvalue weighted by Gasteiger charge is 2.26. The summed E-state index contributed by atoms with van der Waals surface area (Å²) < 4.78 is 0. The second kappa shape index (κ2) is 2.33. The van der Waals surface area contributed by atoms with Crippen LogP contribution in [0.1, 0.15) is 32.1 Å². The smallest absolute Gasteiger partial charge is 0.159 e. The summed E-state index contributed by atoms with van der Waals surface area (Å²) in [6, 6.07) is 0. The molecule has 0 heterocycles. The van der Waals surface area contributed by atoms with Crippen molar-refractivity contribution >= 4 is 5.78 Å². The average Bonchev–Trinajstić information content (AvgIpc) is 2.35. The zero-order valence-electron chi connectivity index (χ0n) is 6.65. The number of rotatable bonds is 0. The SMILES string of the molecule is C=C1CCC2=C1CCCC2=O. The third-order valence-electron chi connectivity index (χ3n) is 2.64. The summed E-state index contributed by atoms with van der Waals surface area (Å²) in [5, 5.41) is 0. The lowest BCUT2D eigenvalue weighted by molar-refractivity contribution is -0.116. The van der Waals surface area contributed by atoms with Crippen molar-refractivity contribution < 1.29 is 4.79 Å². The Labute approximate surface area is 66.8 Å². The predicted octanol–water partition coefficient (Wildman–Crippen LogP) is 2.39. The highest BCUT2D eigenvalue weighted by Crippen LogP contribution is 2.37. The van der Waals surface area contributed by atoms with E-state index in [4.69, 9.17) is 0 Å². The molecule has 0 aromatic heterocycles. The topological polar surface area (TPSA) is 17.1 Å². The minimum atomic E-state index is 0.380. The van der Waals surface area contributed by atoms with Gasteiger partial charge in [0.05, 0.1) is 0 Å². The second-order valence-electron chi connectivity index (χ2n) is 3.34. The van der Waals surface area contributed by atoms with Crippen molar-refractivity contribution in [1.82, 2.24) is 0 Å². The van der Waals surface area contributed by atoms with Crippen molar-refractivity contribution in [2.45, 2.75) is 32.1 Å². The maximum Gasteiger partial charge on any atom is 0.159 e. The molecular formula is C10H12O. The summed E-state index contributed by atoms with van der Waals surface area (Å²) in [4.78, 5) is 11.3. The van der Waals surface area contributed by atoms with Crippen LogP contribution in [-0.4, -0.2) is 5.78 Å². The molecule has 0 fully saturated rings. The third-order valence-corrected chi connectivity index (χ3v) is 2.64. The standard InChI is InChI=1S/C10H12O/c1-7-5-6-9-8(7)3-2-4-10(9)11/h1-6H2. The lowest BCUT2D eigenvalue weighted by Crippen LogP contribution is -2.07. The molecule has 0 atom stereocenters. The van der Waals surface area contributed by atoms with Crippen molar-refractivity contribution in [2.75, 3.05) is 0 Å². The second-order valence-corrected chi connectivity index (χ2v) is 3.34. The van der Waals surface area contributed by atoms with Crippen LogP contribution in [0.5, 0.6) is 0 Å². The lowest BCUT2D eigenvalue weighted by atomic mass is 9.92. The van der Waals surface area contributed by atoms with Crippen LogP contribution in [0.4, 0.5) is 0 Å². The van der Waals surface area contributed by atoms with Gasteiger partial charge in [-0.2, -0.15) is 0 Å². The molecule has 0 bridgehead atoms. The maximum atomic E-state index is 11.3. The van der Waals surface area contributed by atoms with E-state index in [9.17, 15) is 4.79 Å². The van der Waals surface area contributed by atoms with Crippen molar-refractivity contribution in [3.63, 3.8) is 0 Å². The molecule has 11 heavy (non-hydrogen) atoms. The third kappa shape index (κ3) is 0.953. The molecule has 58 valence electrons. The van der Waals surface area contributed by atoms with Crippen LogP contribution in [0.25, 0.3) is 0 Å². The van der Waals surface area contributed by atoms with Gasteiger partial charge in [0.15, 0.2) is 5.78 Å². The van der Waals surface area contributed by atoms with Crippen LogP contribution in [0, 0.1) is 0 Å². The first-order valence-corrected chi connectivity index (χ1v) is 4.22. The van der Waals surface area contributed by atoms with E-state index in [1.807, 2.05) is 0 Å². The molecule has 0 saturated heterocycles. The van der Waals surface area contributed by atoms with Gasteiger partial charge in [0, 0.05) is 6.42 Å². The molecule has 2 aliphatic rings. The highest BCUT2D eigenvalue weighted by molar-refractivity contribution is 5.98. The Kier molecular flexibility index (Phi) is 1.45. The van der Waals surface area contributed by atoms with Crippen molar-refractivity contribution in [2.24, 2.45) is 0 Å². The van der Waals surface area contributed by atoms with Crippen LogP contribution < -0.4 is 0 Å². The fourth-order valence-electron chi connectivity index (χ4n) is 2.00. The van der Waals surface area contributed by atoms with Crippen LogP contribution in [0.2, 0.25) is 0 Å². The largest absolute Gasteiger partial charge is 0.295 e. The number of hydrogen-bond donors (Lipinski definition) is 0. The minimum absolute atomic E-state index is 0.380. The first-order chi connectivity index (χ1) is 5.29. The molecule has 0 saturated carbocycles. The fraction of sp³-hybridized carbons (Fsp3) is 0.500. The monoisotopic (exact) mass is 148 g/mol. The molecule has 2 aliphatic carbocycles. The van der Waals surface area contributed by atoms with Crippen LogP contribution in [0.3, 0.4) is 0 Å². The van der Waals surface area contributed by atoms with Crippen LogP contribution in [0.15, 0.2) is 23.3 Å². The van der Waals surface area contributed by atoms with Gasteiger partial charge in [0.25, 0.3) is 0 Å². The van der Waals surface area contributed by atoms with Gasteiger partial charge in [-0.25, -0.2) is 0 Å². The molecule has 0 radical (unpaired) electrons. The Balaban J connectivity index is 2.40. The first-order valence-electron chi connectivity index (χ1n) is 4.22.